The minimum absolute atomic E-state index is 0.0208. The van der Waals surface area contributed by atoms with Crippen molar-refractivity contribution in [1.29, 1.82) is 0 Å². The maximum Gasteiger partial charge on any atom is 0.320 e. The third kappa shape index (κ3) is 5.01. The number of fused-ring (bicyclic) bond motifs is 3. The molecule has 0 radical (unpaired) electrons. The summed E-state index contributed by atoms with van der Waals surface area (Å²) in [6.07, 6.45) is 0. The summed E-state index contributed by atoms with van der Waals surface area (Å²) in [5.74, 6) is -2.18. The number of primary amides is 2. The van der Waals surface area contributed by atoms with Crippen molar-refractivity contribution in [2.45, 2.75) is 19.9 Å². The number of rotatable bonds is 6. The summed E-state index contributed by atoms with van der Waals surface area (Å²) >= 11 is 0. The molecule has 2 amide bonds. The van der Waals surface area contributed by atoms with Crippen LogP contribution in [0, 0.1) is 16.0 Å². The van der Waals surface area contributed by atoms with Gasteiger partial charge in [0.25, 0.3) is 5.69 Å². The van der Waals surface area contributed by atoms with E-state index in [1.807, 2.05) is 60.7 Å². The molecule has 47 heavy (non-hydrogen) atoms. The molecule has 0 aliphatic rings. The van der Waals surface area contributed by atoms with Crippen LogP contribution in [0.2, 0.25) is 0 Å². The molecule has 0 unspecified atom stereocenters. The highest BCUT2D eigenvalue weighted by Crippen LogP contribution is 2.45. The fourth-order valence-electron chi connectivity index (χ4n) is 6.42. The van der Waals surface area contributed by atoms with Crippen molar-refractivity contribution < 1.29 is 24.4 Å². The highest BCUT2D eigenvalue weighted by Gasteiger charge is 2.22. The van der Waals surface area contributed by atoms with E-state index in [1.54, 1.807) is 38.1 Å². The van der Waals surface area contributed by atoms with Crippen molar-refractivity contribution in [3.05, 3.63) is 112 Å². The summed E-state index contributed by atoms with van der Waals surface area (Å²) in [5.41, 5.74) is 19.0. The van der Waals surface area contributed by atoms with Crippen LogP contribution in [0.1, 0.15) is 34.6 Å². The van der Waals surface area contributed by atoms with Gasteiger partial charge in [0.05, 0.1) is 10.3 Å². The molecule has 0 fully saturated rings. The highest BCUT2D eigenvalue weighted by atomic mass is 16.6. The first-order chi connectivity index (χ1) is 22.4. The number of aliphatic carboxylic acids is 1. The SMILES string of the molecule is CC(C)[C@H](N)C(=O)O.NC(=O)c1ccc2c3cccc4c(-c5cccc6c([N+](=O)[O-])cccc56)ccc(c5ccc(C(N)=O)c1c25)c43. The number of nitro groups is 1. The molecule has 1 atom stereocenters. The average molecular weight is 627 g/mol. The second kappa shape index (κ2) is 11.7. The van der Waals surface area contributed by atoms with E-state index in [9.17, 15) is 24.5 Å². The molecule has 7 N–H and O–H groups in total. The first-order valence-electron chi connectivity index (χ1n) is 14.8. The predicted octanol–water partition coefficient (Wildman–Crippen LogP) is 6.72. The number of benzene rings is 7. The minimum atomic E-state index is -0.931. The molecule has 234 valence electrons. The van der Waals surface area contributed by atoms with Crippen LogP contribution in [-0.2, 0) is 4.79 Å². The Morgan fingerprint density at radius 1 is 0.617 bits per heavy atom. The molecule has 0 saturated heterocycles. The molecule has 7 aromatic rings. The van der Waals surface area contributed by atoms with Gasteiger partial charge in [-0.2, -0.15) is 0 Å². The number of carbonyl (C=O) groups is 3. The Kier molecular flexibility index (Phi) is 7.66. The Morgan fingerprint density at radius 2 is 1.09 bits per heavy atom. The van der Waals surface area contributed by atoms with E-state index in [-0.39, 0.29) is 27.7 Å². The predicted molar refractivity (Wildman–Crippen MR) is 185 cm³/mol. The zero-order valence-corrected chi connectivity index (χ0v) is 25.5. The molecule has 7 aromatic carbocycles. The molecule has 10 heteroatoms. The van der Waals surface area contributed by atoms with Gasteiger partial charge in [-0.1, -0.05) is 80.6 Å². The smallest absolute Gasteiger partial charge is 0.320 e. The van der Waals surface area contributed by atoms with Gasteiger partial charge in [-0.05, 0) is 78.3 Å². The van der Waals surface area contributed by atoms with Crippen LogP contribution < -0.4 is 17.2 Å². The van der Waals surface area contributed by atoms with E-state index in [0.29, 0.717) is 10.8 Å². The van der Waals surface area contributed by atoms with Gasteiger partial charge in [0.2, 0.25) is 11.8 Å². The van der Waals surface area contributed by atoms with Crippen LogP contribution >= 0.6 is 0 Å². The molecule has 0 spiro atoms. The lowest BCUT2D eigenvalue weighted by atomic mass is 9.84. The Morgan fingerprint density at radius 3 is 1.64 bits per heavy atom. The zero-order chi connectivity index (χ0) is 33.7. The third-order valence-corrected chi connectivity index (χ3v) is 8.70. The van der Waals surface area contributed by atoms with E-state index < -0.39 is 23.8 Å². The Labute approximate surface area is 267 Å². The van der Waals surface area contributed by atoms with Crippen molar-refractivity contribution in [2.75, 3.05) is 0 Å². The van der Waals surface area contributed by atoms with Crippen LogP contribution in [0.5, 0.6) is 0 Å². The number of nitrogens with two attached hydrogens (primary N) is 3. The minimum Gasteiger partial charge on any atom is -0.480 e. The number of non-ortho nitro benzene ring substituents is 1. The maximum absolute atomic E-state index is 12.4. The fraction of sp³-hybridized carbons (Fsp3) is 0.108. The number of carboxylic acid groups (broad SMARTS) is 1. The third-order valence-electron chi connectivity index (χ3n) is 8.70. The van der Waals surface area contributed by atoms with Crippen molar-refractivity contribution in [3.8, 4) is 11.1 Å². The number of carboxylic acids is 1. The molecule has 0 aliphatic carbocycles. The molecule has 10 nitrogen and oxygen atoms in total. The number of nitro benzene ring substituents is 1. The van der Waals surface area contributed by atoms with Gasteiger partial charge in [0.15, 0.2) is 0 Å². The van der Waals surface area contributed by atoms with E-state index >= 15 is 0 Å². The number of hydrogen-bond donors (Lipinski definition) is 4. The van der Waals surface area contributed by atoms with Crippen LogP contribution in [-0.4, -0.2) is 33.9 Å². The molecule has 0 aliphatic heterocycles. The van der Waals surface area contributed by atoms with Crippen molar-refractivity contribution in [1.82, 2.24) is 0 Å². The summed E-state index contributed by atoms with van der Waals surface area (Å²) in [6, 6.07) is 27.1. The van der Waals surface area contributed by atoms with Gasteiger partial charge < -0.3 is 22.3 Å². The van der Waals surface area contributed by atoms with Crippen molar-refractivity contribution in [2.24, 2.45) is 23.1 Å². The number of nitrogens with zero attached hydrogens (tertiary/aromatic N) is 1. The summed E-state index contributed by atoms with van der Waals surface area (Å²) in [5, 5.41) is 28.2. The Balaban J connectivity index is 0.000000431. The van der Waals surface area contributed by atoms with E-state index in [1.165, 1.54) is 6.07 Å². The summed E-state index contributed by atoms with van der Waals surface area (Å²) in [7, 11) is 0. The Bertz CT molecular complexity index is 2370. The van der Waals surface area contributed by atoms with Crippen LogP contribution in [0.25, 0.3) is 65.0 Å². The first kappa shape index (κ1) is 30.9. The number of amides is 2. The topological polar surface area (TPSA) is 193 Å². The molecule has 0 heterocycles. The summed E-state index contributed by atoms with van der Waals surface area (Å²) < 4.78 is 0. The van der Waals surface area contributed by atoms with Gasteiger partial charge in [0.1, 0.15) is 6.04 Å². The van der Waals surface area contributed by atoms with E-state index in [2.05, 4.69) is 0 Å². The lowest BCUT2D eigenvalue weighted by Gasteiger charge is -2.19. The lowest BCUT2D eigenvalue weighted by Crippen LogP contribution is -2.34. The first-order valence-corrected chi connectivity index (χ1v) is 14.8. The van der Waals surface area contributed by atoms with Crippen molar-refractivity contribution >= 4 is 77.3 Å². The lowest BCUT2D eigenvalue weighted by molar-refractivity contribution is -0.383. The quantitative estimate of drug-likeness (QED) is 0.0681. The molecular weight excluding hydrogens is 596 g/mol. The van der Waals surface area contributed by atoms with E-state index in [0.717, 1.165) is 54.2 Å². The molecular formula is C37H30N4O6. The second-order valence-corrected chi connectivity index (χ2v) is 11.7. The van der Waals surface area contributed by atoms with Gasteiger partial charge in [-0.3, -0.25) is 24.5 Å². The standard InChI is InChI=1S/C32H19N3O4.C5H11NO2/c33-31(36)25-14-12-23-21-8-2-7-20-18(16-4-1-6-19-17(16)5-3-9-27(19)35(38)39)10-11-22(28(20)21)24-13-15-26(32(34)37)30(25)29(23)24;1-3(2)4(6)5(7)8/h1-15H,(H2,33,36)(H2,34,37);3-4H,6H2,1-2H3,(H,7,8)/t;4-/m.0/s1. The average Bonchev–Trinajstić information content (AvgIpc) is 3.05. The fourth-order valence-corrected chi connectivity index (χ4v) is 6.42. The number of hydrogen-bond acceptors (Lipinski definition) is 6. The molecule has 7 rings (SSSR count). The maximum atomic E-state index is 12.4. The largest absolute Gasteiger partial charge is 0.480 e. The van der Waals surface area contributed by atoms with E-state index in [4.69, 9.17) is 22.3 Å². The second-order valence-electron chi connectivity index (χ2n) is 11.7. The van der Waals surface area contributed by atoms with Gasteiger partial charge in [-0.25, -0.2) is 0 Å². The van der Waals surface area contributed by atoms with Gasteiger partial charge in [-0.15, -0.1) is 0 Å². The normalized spacial score (nSPS) is 12.1. The molecule has 0 bridgehead atoms. The van der Waals surface area contributed by atoms with Crippen LogP contribution in [0.4, 0.5) is 5.69 Å². The van der Waals surface area contributed by atoms with Crippen LogP contribution in [0.3, 0.4) is 0 Å². The Hall–Kier alpha value is -6.13. The monoisotopic (exact) mass is 626 g/mol. The highest BCUT2D eigenvalue weighted by molar-refractivity contribution is 6.37. The molecule has 0 aromatic heterocycles. The number of carbonyl (C=O) groups excluding carboxylic acids is 2. The summed E-state index contributed by atoms with van der Waals surface area (Å²) in [4.78, 5) is 46.1. The van der Waals surface area contributed by atoms with Gasteiger partial charge >= 0.3 is 5.97 Å². The summed E-state index contributed by atoms with van der Waals surface area (Å²) in [6.45, 7) is 3.55. The molecule has 0 saturated carbocycles. The van der Waals surface area contributed by atoms with Crippen LogP contribution in [0.15, 0.2) is 91.0 Å². The van der Waals surface area contributed by atoms with Gasteiger partial charge in [0, 0.05) is 22.6 Å². The zero-order valence-electron chi connectivity index (χ0n) is 25.5. The van der Waals surface area contributed by atoms with Crippen molar-refractivity contribution in [3.63, 3.8) is 0 Å².